The third-order valence-electron chi connectivity index (χ3n) is 9.28. The fourth-order valence-corrected chi connectivity index (χ4v) is 7.70. The van der Waals surface area contributed by atoms with Crippen molar-refractivity contribution in [3.05, 3.63) is 11.6 Å². The first kappa shape index (κ1) is 21.8. The van der Waals surface area contributed by atoms with Gasteiger partial charge in [0.05, 0.1) is 11.3 Å². The van der Waals surface area contributed by atoms with Crippen molar-refractivity contribution in [2.24, 2.45) is 39.9 Å². The Bertz CT molecular complexity index is 802. The van der Waals surface area contributed by atoms with Gasteiger partial charge >= 0.3 is 5.97 Å². The van der Waals surface area contributed by atoms with Crippen molar-refractivity contribution in [1.29, 1.82) is 0 Å². The van der Waals surface area contributed by atoms with E-state index < -0.39 is 5.41 Å². The van der Waals surface area contributed by atoms with E-state index in [1.807, 2.05) is 26.8 Å². The van der Waals surface area contributed by atoms with Crippen molar-refractivity contribution in [2.75, 3.05) is 0 Å². The van der Waals surface area contributed by atoms with Crippen LogP contribution in [0.2, 0.25) is 0 Å². The van der Waals surface area contributed by atoms with Crippen molar-refractivity contribution < 1.29 is 19.1 Å². The molecule has 30 heavy (non-hydrogen) atoms. The second-order valence-electron chi connectivity index (χ2n) is 12.0. The quantitative estimate of drug-likeness (QED) is 0.576. The lowest BCUT2D eigenvalue weighted by Gasteiger charge is -2.57. The topological polar surface area (TPSA) is 60.4 Å². The average Bonchev–Trinajstić information content (AvgIpc) is 2.93. The smallest absolute Gasteiger partial charge is 0.311 e. The van der Waals surface area contributed by atoms with Gasteiger partial charge < -0.3 is 4.74 Å². The van der Waals surface area contributed by atoms with E-state index in [0.29, 0.717) is 24.2 Å². The van der Waals surface area contributed by atoms with Crippen molar-refractivity contribution in [1.82, 2.24) is 0 Å². The van der Waals surface area contributed by atoms with E-state index >= 15 is 0 Å². The molecule has 7 atom stereocenters. The fraction of sp³-hybridized carbons (Fsp3) is 0.808. The van der Waals surface area contributed by atoms with E-state index in [1.54, 1.807) is 6.92 Å². The molecule has 3 saturated carbocycles. The van der Waals surface area contributed by atoms with Gasteiger partial charge in [0.1, 0.15) is 11.9 Å². The third kappa shape index (κ3) is 3.20. The zero-order valence-corrected chi connectivity index (χ0v) is 19.5. The second kappa shape index (κ2) is 7.03. The number of hydrogen-bond acceptors (Lipinski definition) is 4. The van der Waals surface area contributed by atoms with E-state index in [9.17, 15) is 14.4 Å². The molecule has 0 heterocycles. The SMILES string of the molecule is CC(=O)[C@H]1[C@@H](OC(=O)C(C)(C)C)C[C@H]2[C@@H]3CCC4=CC(=O)CC[C@]4(C)[C@H]3CC[C@@]21C. The lowest BCUT2D eigenvalue weighted by molar-refractivity contribution is -0.162. The molecule has 0 aromatic heterocycles. The first-order valence-electron chi connectivity index (χ1n) is 11.8. The second-order valence-corrected chi connectivity index (χ2v) is 12.0. The van der Waals surface area contributed by atoms with Gasteiger partial charge in [-0.2, -0.15) is 0 Å². The summed E-state index contributed by atoms with van der Waals surface area (Å²) in [6, 6.07) is 0. The van der Waals surface area contributed by atoms with E-state index in [-0.39, 0.29) is 40.4 Å². The maximum absolute atomic E-state index is 12.8. The highest BCUT2D eigenvalue weighted by molar-refractivity contribution is 5.91. The monoisotopic (exact) mass is 414 g/mol. The predicted octanol–water partition coefficient (Wildman–Crippen LogP) is 5.29. The molecule has 4 rings (SSSR count). The number of allylic oxidation sites excluding steroid dienone is 1. The van der Waals surface area contributed by atoms with Gasteiger partial charge in [0.25, 0.3) is 0 Å². The molecule has 166 valence electrons. The van der Waals surface area contributed by atoms with E-state index in [0.717, 1.165) is 38.5 Å². The van der Waals surface area contributed by atoms with Gasteiger partial charge in [-0.15, -0.1) is 0 Å². The first-order valence-corrected chi connectivity index (χ1v) is 11.8. The molecule has 4 nitrogen and oxygen atoms in total. The minimum absolute atomic E-state index is 0.0993. The van der Waals surface area contributed by atoms with Crippen molar-refractivity contribution >= 4 is 17.5 Å². The minimum atomic E-state index is -0.564. The van der Waals surface area contributed by atoms with E-state index in [1.165, 1.54) is 5.57 Å². The first-order chi connectivity index (χ1) is 13.9. The van der Waals surface area contributed by atoms with Crippen molar-refractivity contribution in [3.8, 4) is 0 Å². The van der Waals surface area contributed by atoms with Gasteiger partial charge in [0.2, 0.25) is 0 Å². The molecule has 0 saturated heterocycles. The average molecular weight is 415 g/mol. The van der Waals surface area contributed by atoms with Gasteiger partial charge in [-0.3, -0.25) is 14.4 Å². The van der Waals surface area contributed by atoms with Crippen LogP contribution in [-0.2, 0) is 19.1 Å². The van der Waals surface area contributed by atoms with Gasteiger partial charge in [0, 0.05) is 6.42 Å². The Kier molecular flexibility index (Phi) is 5.10. The molecule has 0 unspecified atom stereocenters. The van der Waals surface area contributed by atoms with E-state index in [2.05, 4.69) is 13.8 Å². The summed E-state index contributed by atoms with van der Waals surface area (Å²) in [5, 5.41) is 0. The summed E-state index contributed by atoms with van der Waals surface area (Å²) in [4.78, 5) is 37.5. The Morgan fingerprint density at radius 3 is 2.40 bits per heavy atom. The maximum atomic E-state index is 12.8. The molecule has 0 spiro atoms. The van der Waals surface area contributed by atoms with Gasteiger partial charge in [-0.1, -0.05) is 19.4 Å². The molecule has 0 amide bonds. The molecule has 4 heteroatoms. The Morgan fingerprint density at radius 2 is 1.77 bits per heavy atom. The molecule has 0 aliphatic heterocycles. The zero-order chi connectivity index (χ0) is 22.1. The largest absolute Gasteiger partial charge is 0.461 e. The molecule has 3 fully saturated rings. The Balaban J connectivity index is 1.65. The Morgan fingerprint density at radius 1 is 1.07 bits per heavy atom. The predicted molar refractivity (Wildman–Crippen MR) is 116 cm³/mol. The van der Waals surface area contributed by atoms with Gasteiger partial charge in [-0.25, -0.2) is 0 Å². The van der Waals surface area contributed by atoms with Crippen LogP contribution >= 0.6 is 0 Å². The van der Waals surface area contributed by atoms with Crippen LogP contribution in [0.5, 0.6) is 0 Å². The number of rotatable bonds is 2. The molecule has 0 N–H and O–H groups in total. The normalized spacial score (nSPS) is 43.2. The summed E-state index contributed by atoms with van der Waals surface area (Å²) in [5.74, 6) is 1.55. The summed E-state index contributed by atoms with van der Waals surface area (Å²) in [7, 11) is 0. The van der Waals surface area contributed by atoms with Gasteiger partial charge in [0.15, 0.2) is 5.78 Å². The molecule has 4 aliphatic rings. The number of ketones is 2. The lowest BCUT2D eigenvalue weighted by Crippen LogP contribution is -2.51. The number of carbonyl (C=O) groups is 3. The molecule has 0 radical (unpaired) electrons. The van der Waals surface area contributed by atoms with Crippen LogP contribution in [0.3, 0.4) is 0 Å². The number of fused-ring (bicyclic) bond motifs is 5. The van der Waals surface area contributed by atoms with Crippen LogP contribution in [0.15, 0.2) is 11.6 Å². The maximum Gasteiger partial charge on any atom is 0.311 e. The highest BCUT2D eigenvalue weighted by Gasteiger charge is 2.63. The summed E-state index contributed by atoms with van der Waals surface area (Å²) < 4.78 is 6.02. The van der Waals surface area contributed by atoms with Gasteiger partial charge in [-0.05, 0) is 101 Å². The number of hydrogen-bond donors (Lipinski definition) is 0. The highest BCUT2D eigenvalue weighted by Crippen LogP contribution is 2.67. The van der Waals surface area contributed by atoms with Crippen LogP contribution in [0.4, 0.5) is 0 Å². The molecule has 0 aromatic rings. The van der Waals surface area contributed by atoms with E-state index in [4.69, 9.17) is 4.74 Å². The number of Topliss-reactive ketones (excluding diaryl/α,β-unsaturated/α-hetero) is 1. The van der Waals surface area contributed by atoms with Crippen LogP contribution in [0.25, 0.3) is 0 Å². The summed E-state index contributed by atoms with van der Waals surface area (Å²) >= 11 is 0. The molecular formula is C26H38O4. The van der Waals surface area contributed by atoms with Crippen LogP contribution in [-0.4, -0.2) is 23.6 Å². The van der Waals surface area contributed by atoms with Crippen molar-refractivity contribution in [3.63, 3.8) is 0 Å². The summed E-state index contributed by atoms with van der Waals surface area (Å²) in [6.45, 7) is 12.0. The molecule has 0 aromatic carbocycles. The highest BCUT2D eigenvalue weighted by atomic mass is 16.5. The fourth-order valence-electron chi connectivity index (χ4n) is 7.70. The zero-order valence-electron chi connectivity index (χ0n) is 19.5. The number of carbonyl (C=O) groups excluding carboxylic acids is 3. The number of ether oxygens (including phenoxy) is 1. The Labute approximate surface area is 181 Å². The van der Waals surface area contributed by atoms with Crippen LogP contribution in [0, 0.1) is 39.9 Å². The minimum Gasteiger partial charge on any atom is -0.461 e. The number of esters is 1. The van der Waals surface area contributed by atoms with Crippen LogP contribution < -0.4 is 0 Å². The molecular weight excluding hydrogens is 376 g/mol. The van der Waals surface area contributed by atoms with Crippen LogP contribution in [0.1, 0.15) is 86.5 Å². The lowest BCUT2D eigenvalue weighted by atomic mass is 9.46. The standard InChI is InChI=1S/C26H38O4/c1-15(27)22-21(30-23(29)24(2,3)4)14-20-18-8-7-16-13-17(28)9-11-25(16,5)19(18)10-12-26(20,22)6/h13,18-22H,7-12,14H2,1-6H3/t18-,19+,20+,21+,22+,25+,26+/m1/s1. The summed E-state index contributed by atoms with van der Waals surface area (Å²) in [5.41, 5.74) is 0.813. The Hall–Kier alpha value is -1.45. The molecule has 0 bridgehead atoms. The third-order valence-corrected chi connectivity index (χ3v) is 9.28. The summed E-state index contributed by atoms with van der Waals surface area (Å²) in [6.07, 6.45) is 8.24. The van der Waals surface area contributed by atoms with Crippen molar-refractivity contribution in [2.45, 2.75) is 92.6 Å². The molecule has 4 aliphatic carbocycles.